The lowest BCUT2D eigenvalue weighted by Gasteiger charge is -2.23. The van der Waals surface area contributed by atoms with Crippen molar-refractivity contribution in [1.82, 2.24) is 0 Å². The molecule has 3 nitrogen and oxygen atoms in total. The molecule has 0 bridgehead atoms. The van der Waals surface area contributed by atoms with Crippen molar-refractivity contribution in [3.8, 4) is 0 Å². The van der Waals surface area contributed by atoms with Crippen LogP contribution in [0.5, 0.6) is 0 Å². The van der Waals surface area contributed by atoms with Crippen LogP contribution in [0.1, 0.15) is 6.92 Å². The van der Waals surface area contributed by atoms with Gasteiger partial charge in [-0.1, -0.05) is 0 Å². The molecule has 0 radical (unpaired) electrons. The van der Waals surface area contributed by atoms with E-state index in [9.17, 15) is 4.79 Å². The number of carbonyl (C=O) groups excluding carboxylic acids is 1. The Kier molecular flexibility index (Phi) is 6.52. The fourth-order valence-corrected chi connectivity index (χ4v) is 0.407. The molecule has 0 aromatic heterocycles. The van der Waals surface area contributed by atoms with Gasteiger partial charge in [-0.25, -0.2) is 4.79 Å². The van der Waals surface area contributed by atoms with Gasteiger partial charge in [0.25, 0.3) is 0 Å². The quantitative estimate of drug-likeness (QED) is 0.415. The molecule has 0 saturated heterocycles. The molecule has 62 valence electrons. The van der Waals surface area contributed by atoms with Gasteiger partial charge < -0.3 is 29.1 Å². The third-order valence-electron chi connectivity index (χ3n) is 1.51. The lowest BCUT2D eigenvalue weighted by atomic mass is 10.4. The molecule has 1 N–H and O–H groups in total. The molecule has 1 amide bonds. The zero-order valence-corrected chi connectivity index (χ0v) is 8.75. The number of hydrogen-bond acceptors (Lipinski definition) is 2. The van der Waals surface area contributed by atoms with Crippen molar-refractivity contribution in [2.75, 3.05) is 27.2 Å². The van der Waals surface area contributed by atoms with Crippen LogP contribution >= 0.6 is 0 Å². The second-order valence-electron chi connectivity index (χ2n) is 2.65. The van der Waals surface area contributed by atoms with Gasteiger partial charge in [-0.3, -0.25) is 4.48 Å². The van der Waals surface area contributed by atoms with E-state index in [1.807, 2.05) is 0 Å². The number of halogens is 1. The molecule has 0 aliphatic rings. The maximum absolute atomic E-state index is 10.7. The molecule has 4 heteroatoms. The van der Waals surface area contributed by atoms with E-state index in [0.717, 1.165) is 0 Å². The molecule has 0 aliphatic heterocycles. The second-order valence-corrected chi connectivity index (χ2v) is 2.65. The summed E-state index contributed by atoms with van der Waals surface area (Å²) in [6.07, 6.45) is 0. The van der Waals surface area contributed by atoms with Crippen LogP contribution in [-0.4, -0.2) is 42.7 Å². The van der Waals surface area contributed by atoms with E-state index in [1.165, 1.54) is 6.92 Å². The number of nitrogens with zero attached hydrogens (tertiary/aromatic N) is 1. The largest absolute Gasteiger partial charge is 1.00 e. The highest BCUT2D eigenvalue weighted by Crippen LogP contribution is 1.94. The summed E-state index contributed by atoms with van der Waals surface area (Å²) in [6, 6.07) is 0. The first-order valence-electron chi connectivity index (χ1n) is 2.95. The predicted octanol–water partition coefficient (Wildman–Crippen LogP) is -3.39. The summed E-state index contributed by atoms with van der Waals surface area (Å²) in [5.41, 5.74) is 0. The zero-order valence-electron chi connectivity index (χ0n) is 6.59. The van der Waals surface area contributed by atoms with Crippen LogP contribution in [-0.2, 0) is 4.79 Å². The van der Waals surface area contributed by atoms with Crippen molar-refractivity contribution in [2.45, 2.75) is 6.92 Å². The average molecular weight is 259 g/mol. The minimum absolute atomic E-state index is 0. The molecule has 0 aromatic rings. The van der Waals surface area contributed by atoms with Crippen molar-refractivity contribution < 1.29 is 38.4 Å². The molecule has 0 aromatic carbocycles. The Labute approximate surface area is 78.6 Å². The van der Waals surface area contributed by atoms with E-state index >= 15 is 0 Å². The van der Waals surface area contributed by atoms with Gasteiger partial charge >= 0.3 is 5.91 Å². The molecule has 0 unspecified atom stereocenters. The average Bonchev–Trinajstić information content (AvgIpc) is 1.65. The first kappa shape index (κ1) is 12.9. The summed E-state index contributed by atoms with van der Waals surface area (Å²) in [5, 5.41) is 8.48. The number of aliphatic hydroxyl groups excluding tert-OH is 1. The molecular formula is C6H14INO2. The lowest BCUT2D eigenvalue weighted by Crippen LogP contribution is -3.00. The normalized spacial score (nSPS) is 10.4. The number of rotatable bonds is 2. The highest BCUT2D eigenvalue weighted by molar-refractivity contribution is 5.65. The fourth-order valence-electron chi connectivity index (χ4n) is 0.407. The van der Waals surface area contributed by atoms with Crippen molar-refractivity contribution in [1.29, 1.82) is 0 Å². The van der Waals surface area contributed by atoms with E-state index in [1.54, 1.807) is 14.1 Å². The third-order valence-corrected chi connectivity index (χ3v) is 1.51. The molecule has 0 heterocycles. The first-order chi connectivity index (χ1) is 4.00. The van der Waals surface area contributed by atoms with Crippen LogP contribution in [0.3, 0.4) is 0 Å². The first-order valence-corrected chi connectivity index (χ1v) is 2.95. The smallest absolute Gasteiger partial charge is 0.310 e. The van der Waals surface area contributed by atoms with Gasteiger partial charge in [-0.15, -0.1) is 0 Å². The topological polar surface area (TPSA) is 37.3 Å². The van der Waals surface area contributed by atoms with Crippen LogP contribution in [0.2, 0.25) is 0 Å². The number of quaternary nitrogens is 1. The number of hydrogen-bond donors (Lipinski definition) is 1. The van der Waals surface area contributed by atoms with E-state index in [2.05, 4.69) is 0 Å². The monoisotopic (exact) mass is 259 g/mol. The molecule has 0 aliphatic carbocycles. The maximum Gasteiger partial charge on any atom is 0.310 e. The Morgan fingerprint density at radius 2 is 1.90 bits per heavy atom. The highest BCUT2D eigenvalue weighted by Gasteiger charge is 2.19. The van der Waals surface area contributed by atoms with E-state index in [-0.39, 0.29) is 41.0 Å². The molecule has 0 atom stereocenters. The molecule has 10 heavy (non-hydrogen) atoms. The number of amides is 1. The van der Waals surface area contributed by atoms with Crippen LogP contribution in [0.15, 0.2) is 0 Å². The van der Waals surface area contributed by atoms with Crippen molar-refractivity contribution in [3.63, 3.8) is 0 Å². The van der Waals surface area contributed by atoms with Crippen LogP contribution < -0.4 is 24.0 Å². The van der Waals surface area contributed by atoms with Crippen molar-refractivity contribution in [2.24, 2.45) is 0 Å². The Morgan fingerprint density at radius 1 is 1.50 bits per heavy atom. The minimum atomic E-state index is 0. The summed E-state index contributed by atoms with van der Waals surface area (Å²) in [6.45, 7) is 2.08. The molecule has 0 fully saturated rings. The second kappa shape index (κ2) is 5.03. The summed E-state index contributed by atoms with van der Waals surface area (Å²) in [4.78, 5) is 10.7. The van der Waals surface area contributed by atoms with Gasteiger partial charge in [-0.2, -0.15) is 0 Å². The van der Waals surface area contributed by atoms with Crippen molar-refractivity contribution >= 4 is 5.91 Å². The standard InChI is InChI=1S/C6H14NO2.HI/c1-6(9)7(2,3)4-5-8;/h8H,4-5H2,1-3H3;1H/q+1;/p-1. The van der Waals surface area contributed by atoms with Gasteiger partial charge in [0.2, 0.25) is 0 Å². The number of carbonyl (C=O) groups is 1. The number of aliphatic hydroxyl groups is 1. The maximum atomic E-state index is 10.7. The van der Waals surface area contributed by atoms with E-state index in [4.69, 9.17) is 5.11 Å². The lowest BCUT2D eigenvalue weighted by molar-refractivity contribution is -0.813. The summed E-state index contributed by atoms with van der Waals surface area (Å²) >= 11 is 0. The van der Waals surface area contributed by atoms with Crippen LogP contribution in [0, 0.1) is 0 Å². The minimum Gasteiger partial charge on any atom is -1.00 e. The Balaban J connectivity index is 0. The van der Waals surface area contributed by atoms with Crippen molar-refractivity contribution in [3.05, 3.63) is 0 Å². The zero-order chi connectivity index (χ0) is 7.49. The fraction of sp³-hybridized carbons (Fsp3) is 0.833. The highest BCUT2D eigenvalue weighted by atomic mass is 127. The van der Waals surface area contributed by atoms with Gasteiger partial charge in [-0.05, 0) is 0 Å². The van der Waals surface area contributed by atoms with E-state index < -0.39 is 0 Å². The Hall–Kier alpha value is 0.320. The van der Waals surface area contributed by atoms with Crippen LogP contribution in [0.25, 0.3) is 0 Å². The van der Waals surface area contributed by atoms with Gasteiger partial charge in [0.1, 0.15) is 6.54 Å². The van der Waals surface area contributed by atoms with E-state index in [0.29, 0.717) is 6.54 Å². The van der Waals surface area contributed by atoms with Gasteiger partial charge in [0.15, 0.2) is 0 Å². The van der Waals surface area contributed by atoms with Crippen LogP contribution in [0.4, 0.5) is 0 Å². The third kappa shape index (κ3) is 4.19. The molecule has 0 rings (SSSR count). The van der Waals surface area contributed by atoms with Gasteiger partial charge in [0.05, 0.1) is 27.6 Å². The Bertz CT molecular complexity index is 114. The molecular weight excluding hydrogens is 245 g/mol. The number of likely N-dealkylation sites (N-methyl/N-ethyl adjacent to an activating group) is 1. The SMILES string of the molecule is CC(=O)[N+](C)(C)CCO.[I-]. The predicted molar refractivity (Wildman–Crippen MR) is 34.7 cm³/mol. The summed E-state index contributed by atoms with van der Waals surface area (Å²) in [5.74, 6) is 0.0732. The summed E-state index contributed by atoms with van der Waals surface area (Å²) in [7, 11) is 3.55. The summed E-state index contributed by atoms with van der Waals surface area (Å²) < 4.78 is 0.260. The Morgan fingerprint density at radius 3 is 2.00 bits per heavy atom. The van der Waals surface area contributed by atoms with Gasteiger partial charge in [0, 0.05) is 0 Å². The molecule has 0 saturated carbocycles. The molecule has 0 spiro atoms.